The van der Waals surface area contributed by atoms with Crippen LogP contribution >= 0.6 is 0 Å². The van der Waals surface area contributed by atoms with Crippen LogP contribution in [0.4, 0.5) is 0 Å². The van der Waals surface area contributed by atoms with E-state index in [0.717, 1.165) is 43.7 Å². The van der Waals surface area contributed by atoms with Crippen molar-refractivity contribution in [2.45, 2.75) is 39.7 Å². The molecule has 4 heteroatoms. The van der Waals surface area contributed by atoms with Gasteiger partial charge in [0, 0.05) is 25.7 Å². The first-order valence-corrected chi connectivity index (χ1v) is 8.34. The Labute approximate surface area is 134 Å². The standard InChI is InChI=1S/C18H29N3O/c1-14(2)10-11-22-17-7-5-4-6-16(17)13-21-18(19-3)20-12-15-8-9-15/h4-7,14-15H,8-13H2,1-3H3,(H2,19,20,21). The number of hydrogen-bond donors (Lipinski definition) is 2. The highest BCUT2D eigenvalue weighted by Crippen LogP contribution is 2.27. The van der Waals surface area contributed by atoms with Crippen LogP contribution < -0.4 is 15.4 Å². The Morgan fingerprint density at radius 1 is 1.27 bits per heavy atom. The van der Waals surface area contributed by atoms with Crippen LogP contribution in [0.1, 0.15) is 38.7 Å². The molecule has 0 atom stereocenters. The molecule has 122 valence electrons. The van der Waals surface area contributed by atoms with Crippen molar-refractivity contribution in [3.05, 3.63) is 29.8 Å². The molecule has 0 bridgehead atoms. The van der Waals surface area contributed by atoms with Crippen LogP contribution in [0.5, 0.6) is 5.75 Å². The third kappa shape index (κ3) is 5.96. The van der Waals surface area contributed by atoms with Crippen LogP contribution in [-0.4, -0.2) is 26.2 Å². The summed E-state index contributed by atoms with van der Waals surface area (Å²) in [5, 5.41) is 6.74. The molecule has 1 saturated carbocycles. The van der Waals surface area contributed by atoms with Crippen molar-refractivity contribution in [3.8, 4) is 5.75 Å². The van der Waals surface area contributed by atoms with Crippen molar-refractivity contribution in [3.63, 3.8) is 0 Å². The highest BCUT2D eigenvalue weighted by Gasteiger charge is 2.21. The summed E-state index contributed by atoms with van der Waals surface area (Å²) in [6, 6.07) is 8.21. The Morgan fingerprint density at radius 2 is 2.05 bits per heavy atom. The number of nitrogens with one attached hydrogen (secondary N) is 2. The molecule has 1 aliphatic carbocycles. The van der Waals surface area contributed by atoms with Crippen LogP contribution in [0.2, 0.25) is 0 Å². The molecule has 0 radical (unpaired) electrons. The number of guanidine groups is 1. The van der Waals surface area contributed by atoms with E-state index in [4.69, 9.17) is 4.74 Å². The van der Waals surface area contributed by atoms with Crippen molar-refractivity contribution >= 4 is 5.96 Å². The molecule has 1 aromatic carbocycles. The molecular formula is C18H29N3O. The molecular weight excluding hydrogens is 274 g/mol. The zero-order chi connectivity index (χ0) is 15.8. The fraction of sp³-hybridized carbons (Fsp3) is 0.611. The topological polar surface area (TPSA) is 45.7 Å². The van der Waals surface area contributed by atoms with E-state index < -0.39 is 0 Å². The van der Waals surface area contributed by atoms with E-state index in [1.807, 2.05) is 25.2 Å². The molecule has 0 aromatic heterocycles. The monoisotopic (exact) mass is 303 g/mol. The van der Waals surface area contributed by atoms with Gasteiger partial charge in [0.15, 0.2) is 5.96 Å². The van der Waals surface area contributed by atoms with Crippen LogP contribution in [0, 0.1) is 11.8 Å². The molecule has 0 amide bonds. The summed E-state index contributed by atoms with van der Waals surface area (Å²) < 4.78 is 5.92. The summed E-state index contributed by atoms with van der Waals surface area (Å²) in [6.07, 6.45) is 3.76. The Hall–Kier alpha value is -1.71. The SMILES string of the molecule is CN=C(NCc1ccccc1OCCC(C)C)NCC1CC1. The maximum Gasteiger partial charge on any atom is 0.191 e. The summed E-state index contributed by atoms with van der Waals surface area (Å²) in [5.74, 6) is 3.33. The van der Waals surface area contributed by atoms with Gasteiger partial charge in [-0.3, -0.25) is 4.99 Å². The van der Waals surface area contributed by atoms with Gasteiger partial charge in [0.2, 0.25) is 0 Å². The molecule has 22 heavy (non-hydrogen) atoms. The Balaban J connectivity index is 1.82. The fourth-order valence-electron chi connectivity index (χ4n) is 2.16. The Bertz CT molecular complexity index is 481. The largest absolute Gasteiger partial charge is 0.493 e. The summed E-state index contributed by atoms with van der Waals surface area (Å²) in [6.45, 7) is 6.94. The smallest absolute Gasteiger partial charge is 0.191 e. The van der Waals surface area contributed by atoms with Crippen molar-refractivity contribution in [1.29, 1.82) is 0 Å². The third-order valence-corrected chi connectivity index (χ3v) is 3.85. The van der Waals surface area contributed by atoms with Crippen LogP contribution in [-0.2, 0) is 6.54 Å². The third-order valence-electron chi connectivity index (χ3n) is 3.85. The van der Waals surface area contributed by atoms with Gasteiger partial charge in [-0.05, 0) is 37.2 Å². The van der Waals surface area contributed by atoms with E-state index in [1.165, 1.54) is 18.4 Å². The number of aliphatic imine (C=N–C) groups is 1. The van der Waals surface area contributed by atoms with E-state index in [-0.39, 0.29) is 0 Å². The average Bonchev–Trinajstić information content (AvgIpc) is 3.32. The second-order valence-electron chi connectivity index (χ2n) is 6.39. The first-order valence-electron chi connectivity index (χ1n) is 8.34. The van der Waals surface area contributed by atoms with Gasteiger partial charge in [-0.1, -0.05) is 32.0 Å². The van der Waals surface area contributed by atoms with Gasteiger partial charge in [0.1, 0.15) is 5.75 Å². The first-order chi connectivity index (χ1) is 10.7. The summed E-state index contributed by atoms with van der Waals surface area (Å²) >= 11 is 0. The molecule has 0 saturated heterocycles. The first kappa shape index (κ1) is 16.7. The fourth-order valence-corrected chi connectivity index (χ4v) is 2.16. The molecule has 0 unspecified atom stereocenters. The second kappa shape index (κ2) is 8.66. The number of hydrogen-bond acceptors (Lipinski definition) is 2. The van der Waals surface area contributed by atoms with Gasteiger partial charge in [0.05, 0.1) is 6.61 Å². The van der Waals surface area contributed by atoms with Crippen molar-refractivity contribution in [2.24, 2.45) is 16.8 Å². The second-order valence-corrected chi connectivity index (χ2v) is 6.39. The van der Waals surface area contributed by atoms with E-state index in [0.29, 0.717) is 5.92 Å². The summed E-state index contributed by atoms with van der Waals surface area (Å²) in [7, 11) is 1.81. The lowest BCUT2D eigenvalue weighted by Gasteiger charge is -2.15. The highest BCUT2D eigenvalue weighted by atomic mass is 16.5. The lowest BCUT2D eigenvalue weighted by atomic mass is 10.1. The van der Waals surface area contributed by atoms with Crippen molar-refractivity contribution in [2.75, 3.05) is 20.2 Å². The lowest BCUT2D eigenvalue weighted by Crippen LogP contribution is -2.37. The zero-order valence-electron chi connectivity index (χ0n) is 14.1. The molecule has 2 rings (SSSR count). The Morgan fingerprint density at radius 3 is 2.73 bits per heavy atom. The Kier molecular flexibility index (Phi) is 6.56. The zero-order valence-corrected chi connectivity index (χ0v) is 14.1. The molecule has 4 nitrogen and oxygen atoms in total. The predicted molar refractivity (Wildman–Crippen MR) is 92.3 cm³/mol. The van der Waals surface area contributed by atoms with Crippen LogP contribution in [0.15, 0.2) is 29.3 Å². The lowest BCUT2D eigenvalue weighted by molar-refractivity contribution is 0.286. The van der Waals surface area contributed by atoms with Crippen LogP contribution in [0.3, 0.4) is 0 Å². The van der Waals surface area contributed by atoms with Gasteiger partial charge < -0.3 is 15.4 Å². The predicted octanol–water partition coefficient (Wildman–Crippen LogP) is 3.19. The minimum Gasteiger partial charge on any atom is -0.493 e. The molecule has 0 aliphatic heterocycles. The number of benzene rings is 1. The van der Waals surface area contributed by atoms with Crippen molar-refractivity contribution in [1.82, 2.24) is 10.6 Å². The van der Waals surface area contributed by atoms with Gasteiger partial charge in [-0.15, -0.1) is 0 Å². The molecule has 1 fully saturated rings. The van der Waals surface area contributed by atoms with E-state index >= 15 is 0 Å². The minimum atomic E-state index is 0.663. The van der Waals surface area contributed by atoms with Crippen LogP contribution in [0.25, 0.3) is 0 Å². The summed E-state index contributed by atoms with van der Waals surface area (Å²) in [4.78, 5) is 4.27. The number of nitrogens with zero attached hydrogens (tertiary/aromatic N) is 1. The number of ether oxygens (including phenoxy) is 1. The molecule has 1 aromatic rings. The molecule has 1 aliphatic rings. The summed E-state index contributed by atoms with van der Waals surface area (Å²) in [5.41, 5.74) is 1.17. The molecule has 0 heterocycles. The quantitative estimate of drug-likeness (QED) is 0.573. The highest BCUT2D eigenvalue weighted by molar-refractivity contribution is 5.79. The minimum absolute atomic E-state index is 0.663. The molecule has 2 N–H and O–H groups in total. The van der Waals surface area contributed by atoms with Gasteiger partial charge >= 0.3 is 0 Å². The van der Waals surface area contributed by atoms with Crippen molar-refractivity contribution < 1.29 is 4.74 Å². The van der Waals surface area contributed by atoms with E-state index in [9.17, 15) is 0 Å². The van der Waals surface area contributed by atoms with Gasteiger partial charge in [-0.2, -0.15) is 0 Å². The van der Waals surface area contributed by atoms with Gasteiger partial charge in [0.25, 0.3) is 0 Å². The number of para-hydroxylation sites is 1. The number of rotatable bonds is 8. The van der Waals surface area contributed by atoms with E-state index in [2.05, 4.69) is 35.5 Å². The maximum atomic E-state index is 5.92. The van der Waals surface area contributed by atoms with Gasteiger partial charge in [-0.25, -0.2) is 0 Å². The molecule has 0 spiro atoms. The average molecular weight is 303 g/mol. The van der Waals surface area contributed by atoms with E-state index in [1.54, 1.807) is 0 Å². The normalized spacial score (nSPS) is 15.0. The maximum absolute atomic E-state index is 5.92.